The minimum atomic E-state index is -3.20. The second-order valence-electron chi connectivity index (χ2n) is 13.9. The van der Waals surface area contributed by atoms with E-state index in [0.29, 0.717) is 23.8 Å². The number of likely N-dealkylation sites (tertiary alicyclic amines) is 1. The Morgan fingerprint density at radius 2 is 1.79 bits per heavy atom. The molecule has 2 aromatic carbocycles. The number of nitrogens with zero attached hydrogens (tertiary/aromatic N) is 4. The Bertz CT molecular complexity index is 1630. The molecule has 2 aliphatic heterocycles. The Balaban J connectivity index is 1.21. The van der Waals surface area contributed by atoms with Crippen LogP contribution < -0.4 is 4.90 Å². The van der Waals surface area contributed by atoms with Gasteiger partial charge in [-0.2, -0.15) is 0 Å². The lowest BCUT2D eigenvalue weighted by Crippen LogP contribution is -2.55. The molecule has 3 fully saturated rings. The molecule has 2 saturated heterocycles. The first kappa shape index (κ1) is 33.7. The summed E-state index contributed by atoms with van der Waals surface area (Å²) in [5.41, 5.74) is 1.65. The van der Waals surface area contributed by atoms with Crippen molar-refractivity contribution in [2.24, 2.45) is 17.8 Å². The fourth-order valence-electron chi connectivity index (χ4n) is 8.65. The van der Waals surface area contributed by atoms with Gasteiger partial charge in [-0.1, -0.05) is 26.0 Å². The molecular formula is C37H49FN4O4S. The largest absolute Gasteiger partial charge is 0.462 e. The monoisotopic (exact) mass is 664 g/mol. The van der Waals surface area contributed by atoms with Gasteiger partial charge in [-0.3, -0.25) is 4.79 Å². The van der Waals surface area contributed by atoms with Crippen LogP contribution in [0.4, 0.5) is 10.1 Å². The number of anilines is 1. The fraction of sp³-hybridized carbons (Fsp3) is 0.568. The minimum Gasteiger partial charge on any atom is -0.462 e. The van der Waals surface area contributed by atoms with E-state index < -0.39 is 15.3 Å². The van der Waals surface area contributed by atoms with Crippen molar-refractivity contribution in [3.8, 4) is 0 Å². The van der Waals surface area contributed by atoms with E-state index in [-0.39, 0.29) is 29.7 Å². The number of carbonyl (C=O) groups excluding carboxylic acids is 1. The second-order valence-corrected chi connectivity index (χ2v) is 15.9. The molecule has 0 N–H and O–H groups in total. The lowest BCUT2D eigenvalue weighted by molar-refractivity contribution is -0.152. The van der Waals surface area contributed by atoms with E-state index in [1.807, 2.05) is 31.3 Å². The summed E-state index contributed by atoms with van der Waals surface area (Å²) in [4.78, 5) is 22.5. The third-order valence-electron chi connectivity index (χ3n) is 11.0. The van der Waals surface area contributed by atoms with Gasteiger partial charge in [-0.15, -0.1) is 0 Å². The van der Waals surface area contributed by atoms with Crippen molar-refractivity contribution in [1.29, 1.82) is 0 Å². The summed E-state index contributed by atoms with van der Waals surface area (Å²) in [5, 5.41) is 0. The Kier molecular flexibility index (Phi) is 10.1. The molecule has 254 valence electrons. The number of sulfone groups is 1. The van der Waals surface area contributed by atoms with Gasteiger partial charge >= 0.3 is 5.97 Å². The summed E-state index contributed by atoms with van der Waals surface area (Å²) < 4.78 is 47.2. The average Bonchev–Trinajstić information content (AvgIpc) is 3.70. The number of halogens is 1. The van der Waals surface area contributed by atoms with Gasteiger partial charge in [0.05, 0.1) is 4.90 Å². The molecule has 10 heteroatoms. The number of aromatic nitrogens is 2. The van der Waals surface area contributed by atoms with Crippen molar-refractivity contribution >= 4 is 21.5 Å². The van der Waals surface area contributed by atoms with E-state index >= 15 is 4.39 Å². The van der Waals surface area contributed by atoms with E-state index in [2.05, 4.69) is 38.5 Å². The summed E-state index contributed by atoms with van der Waals surface area (Å²) >= 11 is 0. The van der Waals surface area contributed by atoms with Crippen LogP contribution in [0, 0.1) is 23.6 Å². The number of carbonyl (C=O) groups is 1. The minimum absolute atomic E-state index is 0.0812. The van der Waals surface area contributed by atoms with Crippen molar-refractivity contribution < 1.29 is 22.3 Å². The van der Waals surface area contributed by atoms with Crippen molar-refractivity contribution in [2.75, 3.05) is 43.9 Å². The Morgan fingerprint density at radius 3 is 2.45 bits per heavy atom. The molecule has 0 spiro atoms. The maximum Gasteiger partial charge on any atom is 0.305 e. The molecule has 47 heavy (non-hydrogen) atoms. The molecule has 0 bridgehead atoms. The third-order valence-corrected chi connectivity index (χ3v) is 12.1. The van der Waals surface area contributed by atoms with E-state index in [0.717, 1.165) is 88.3 Å². The lowest BCUT2D eigenvalue weighted by atomic mass is 9.58. The molecule has 0 radical (unpaired) electrons. The summed E-state index contributed by atoms with van der Waals surface area (Å²) in [7, 11) is -3.20. The topological polar surface area (TPSA) is 84.7 Å². The van der Waals surface area contributed by atoms with Gasteiger partial charge < -0.3 is 19.1 Å². The highest BCUT2D eigenvalue weighted by atomic mass is 32.2. The summed E-state index contributed by atoms with van der Waals surface area (Å²) in [6, 6.07) is 14.4. The Labute approximate surface area is 279 Å². The Morgan fingerprint density at radius 1 is 1.04 bits per heavy atom. The first-order valence-corrected chi connectivity index (χ1v) is 19.2. The van der Waals surface area contributed by atoms with Crippen molar-refractivity contribution in [1.82, 2.24) is 14.5 Å². The van der Waals surface area contributed by atoms with E-state index in [4.69, 9.17) is 4.74 Å². The zero-order chi connectivity index (χ0) is 33.2. The first-order chi connectivity index (χ1) is 22.6. The summed E-state index contributed by atoms with van der Waals surface area (Å²) in [6.45, 7) is 9.53. The van der Waals surface area contributed by atoms with Crippen LogP contribution in [0.25, 0.3) is 0 Å². The summed E-state index contributed by atoms with van der Waals surface area (Å²) in [6.07, 6.45) is 10.9. The highest BCUT2D eigenvalue weighted by molar-refractivity contribution is 7.90. The number of aryl methyl sites for hydroxylation is 1. The molecular weight excluding hydrogens is 615 g/mol. The molecule has 3 heterocycles. The molecule has 3 aliphatic rings. The molecule has 0 amide bonds. The Hall–Kier alpha value is -3.24. The number of piperidine rings is 1. The number of hydrogen-bond donors (Lipinski definition) is 0. The molecule has 0 unspecified atom stereocenters. The smallest absolute Gasteiger partial charge is 0.305 e. The van der Waals surface area contributed by atoms with Crippen LogP contribution in [0.15, 0.2) is 65.8 Å². The molecule has 1 aromatic heterocycles. The van der Waals surface area contributed by atoms with Crippen LogP contribution in [-0.2, 0) is 37.7 Å². The van der Waals surface area contributed by atoms with Gasteiger partial charge in [-0.25, -0.2) is 17.8 Å². The van der Waals surface area contributed by atoms with E-state index in [1.165, 1.54) is 12.3 Å². The predicted octanol–water partition coefficient (Wildman–Crippen LogP) is 5.90. The lowest BCUT2D eigenvalue weighted by Gasteiger charge is -2.51. The number of rotatable bonds is 12. The highest BCUT2D eigenvalue weighted by Crippen LogP contribution is 2.52. The quantitative estimate of drug-likeness (QED) is 0.223. The third kappa shape index (κ3) is 7.14. The SMILES string of the molecule is CCC(=O)O[C@H]1CCC[C@@H]1[C@](Cn1ccnc1CC)(c1cccc(F)c1)C1CCN(CC2CN(c3ccc(S(C)(=O)=O)cc3)C2)CC1. The van der Waals surface area contributed by atoms with Crippen molar-refractivity contribution in [3.05, 3.63) is 78.1 Å². The van der Waals surface area contributed by atoms with Crippen LogP contribution in [0.5, 0.6) is 0 Å². The average molecular weight is 665 g/mol. The molecule has 3 aromatic rings. The normalized spacial score (nSPS) is 22.6. The molecule has 8 nitrogen and oxygen atoms in total. The molecule has 3 atom stereocenters. The fourth-order valence-corrected chi connectivity index (χ4v) is 9.28. The maximum atomic E-state index is 15.1. The number of esters is 1. The van der Waals surface area contributed by atoms with Crippen LogP contribution in [0.1, 0.15) is 63.8 Å². The highest BCUT2D eigenvalue weighted by Gasteiger charge is 2.53. The van der Waals surface area contributed by atoms with Gasteiger partial charge in [0, 0.05) is 80.6 Å². The van der Waals surface area contributed by atoms with Gasteiger partial charge in [0.25, 0.3) is 0 Å². The summed E-state index contributed by atoms with van der Waals surface area (Å²) in [5.74, 6) is 1.54. The van der Waals surface area contributed by atoms with E-state index in [1.54, 1.807) is 18.2 Å². The van der Waals surface area contributed by atoms with Crippen LogP contribution >= 0.6 is 0 Å². The van der Waals surface area contributed by atoms with Crippen molar-refractivity contribution in [3.63, 3.8) is 0 Å². The van der Waals surface area contributed by atoms with E-state index in [9.17, 15) is 13.2 Å². The predicted molar refractivity (Wildman–Crippen MR) is 182 cm³/mol. The number of ether oxygens (including phenoxy) is 1. The van der Waals surface area contributed by atoms with Gasteiger partial charge in [-0.05, 0) is 93.1 Å². The number of benzene rings is 2. The second kappa shape index (κ2) is 14.1. The number of imidazole rings is 1. The molecule has 6 rings (SSSR count). The van der Waals surface area contributed by atoms with Crippen LogP contribution in [0.3, 0.4) is 0 Å². The first-order valence-electron chi connectivity index (χ1n) is 17.3. The molecule has 1 aliphatic carbocycles. The maximum absolute atomic E-state index is 15.1. The zero-order valence-electron chi connectivity index (χ0n) is 28.0. The standard InChI is InChI=1S/C37H49FN4O4S/c1-4-35-39-18-21-41(35)26-37(29-8-6-9-30(38)22-29,33-10-7-11-34(33)46-36(43)5-2)28-16-19-40(20-17-28)23-27-24-42(25-27)31-12-14-32(15-13-31)47(3,44)45/h6,8-9,12-15,18,21-22,27-28,33-34H,4-5,7,10-11,16-17,19-20,23-26H2,1-3H3/t33-,34-,37-/m0/s1. The molecule has 1 saturated carbocycles. The zero-order valence-corrected chi connectivity index (χ0v) is 28.8. The van der Waals surface area contributed by atoms with Crippen LogP contribution in [0.2, 0.25) is 0 Å². The van der Waals surface area contributed by atoms with Crippen molar-refractivity contribution in [2.45, 2.75) is 81.8 Å². The van der Waals surface area contributed by atoms with Crippen LogP contribution in [-0.4, -0.2) is 73.9 Å². The van der Waals surface area contributed by atoms with Gasteiger partial charge in [0.2, 0.25) is 0 Å². The number of hydrogen-bond acceptors (Lipinski definition) is 7. The van der Waals surface area contributed by atoms with Gasteiger partial charge in [0.15, 0.2) is 9.84 Å². The van der Waals surface area contributed by atoms with Gasteiger partial charge in [0.1, 0.15) is 17.7 Å².